The van der Waals surface area contributed by atoms with Gasteiger partial charge in [-0.2, -0.15) is 0 Å². The number of sulfone groups is 1. The molecule has 1 aliphatic heterocycles. The highest BCUT2D eigenvalue weighted by atomic mass is 32.2. The summed E-state index contributed by atoms with van der Waals surface area (Å²) < 4.78 is 30.4. The zero-order valence-electron chi connectivity index (χ0n) is 12.1. The van der Waals surface area contributed by atoms with Crippen LogP contribution in [0.2, 0.25) is 0 Å². The zero-order valence-corrected chi connectivity index (χ0v) is 12.9. The van der Waals surface area contributed by atoms with Gasteiger partial charge in [-0.1, -0.05) is 38.0 Å². The third-order valence-corrected chi connectivity index (χ3v) is 7.43. The molecule has 5 heteroatoms. The third kappa shape index (κ3) is 1.94. The minimum atomic E-state index is -3.73. The van der Waals surface area contributed by atoms with Crippen molar-refractivity contribution in [2.75, 3.05) is 0 Å². The second-order valence-electron chi connectivity index (χ2n) is 5.91. The molecule has 1 heterocycles. The molecular weight excluding hydrogens is 288 g/mol. The number of benzene rings is 1. The molecule has 0 spiro atoms. The van der Waals surface area contributed by atoms with Gasteiger partial charge in [0.15, 0.2) is 14.6 Å². The molecule has 2 fully saturated rings. The van der Waals surface area contributed by atoms with Crippen LogP contribution in [0.3, 0.4) is 0 Å². The molecule has 0 unspecified atom stereocenters. The van der Waals surface area contributed by atoms with Crippen molar-refractivity contribution in [3.05, 3.63) is 30.3 Å². The Kier molecular flexibility index (Phi) is 3.56. The van der Waals surface area contributed by atoms with Crippen molar-refractivity contribution in [3.8, 4) is 0 Å². The molecular formula is C16H20O4S. The standard InChI is InChI=1S/C16H20O4S/c1-2-14-13-10-6-7-11-16(13,15(17)20-14)21(18,19)12-8-4-3-5-9-12/h3-5,8-9,13-14H,2,6-7,10-11H2,1H3/t13-,14-,16+/m0/s1. The second-order valence-corrected chi connectivity index (χ2v) is 8.12. The van der Waals surface area contributed by atoms with Gasteiger partial charge < -0.3 is 4.74 Å². The van der Waals surface area contributed by atoms with E-state index < -0.39 is 20.6 Å². The first-order valence-corrected chi connectivity index (χ1v) is 9.03. The number of ether oxygens (including phenoxy) is 1. The number of rotatable bonds is 3. The van der Waals surface area contributed by atoms with Crippen molar-refractivity contribution < 1.29 is 17.9 Å². The van der Waals surface area contributed by atoms with Crippen molar-refractivity contribution >= 4 is 15.8 Å². The molecule has 1 saturated heterocycles. The van der Waals surface area contributed by atoms with Crippen LogP contribution in [0.25, 0.3) is 0 Å². The molecule has 4 nitrogen and oxygen atoms in total. The van der Waals surface area contributed by atoms with Crippen LogP contribution in [0.1, 0.15) is 39.0 Å². The van der Waals surface area contributed by atoms with Crippen LogP contribution in [0.15, 0.2) is 35.2 Å². The fraction of sp³-hybridized carbons (Fsp3) is 0.562. The summed E-state index contributed by atoms with van der Waals surface area (Å²) in [6.45, 7) is 1.94. The summed E-state index contributed by atoms with van der Waals surface area (Å²) in [5, 5.41) is 0. The molecule has 0 radical (unpaired) electrons. The van der Waals surface area contributed by atoms with Crippen molar-refractivity contribution in [1.29, 1.82) is 0 Å². The fourth-order valence-electron chi connectivity index (χ4n) is 3.85. The molecule has 0 bridgehead atoms. The van der Waals surface area contributed by atoms with E-state index in [1.165, 1.54) is 0 Å². The second kappa shape index (κ2) is 5.13. The first kappa shape index (κ1) is 14.6. The Morgan fingerprint density at radius 2 is 1.95 bits per heavy atom. The zero-order chi connectivity index (χ0) is 15.1. The van der Waals surface area contributed by atoms with Crippen molar-refractivity contribution in [3.63, 3.8) is 0 Å². The monoisotopic (exact) mass is 308 g/mol. The molecule has 0 aromatic heterocycles. The molecule has 1 aromatic carbocycles. The van der Waals surface area contributed by atoms with E-state index >= 15 is 0 Å². The Morgan fingerprint density at radius 1 is 1.24 bits per heavy atom. The number of cyclic esters (lactones) is 1. The Morgan fingerprint density at radius 3 is 2.62 bits per heavy atom. The van der Waals surface area contributed by atoms with E-state index in [-0.39, 0.29) is 16.9 Å². The van der Waals surface area contributed by atoms with E-state index in [0.717, 1.165) is 19.3 Å². The molecule has 21 heavy (non-hydrogen) atoms. The maximum atomic E-state index is 13.2. The highest BCUT2D eigenvalue weighted by Gasteiger charge is 2.65. The van der Waals surface area contributed by atoms with Gasteiger partial charge in [0.05, 0.1) is 4.90 Å². The van der Waals surface area contributed by atoms with Gasteiger partial charge in [0.2, 0.25) is 0 Å². The van der Waals surface area contributed by atoms with E-state index in [1.807, 2.05) is 6.92 Å². The van der Waals surface area contributed by atoms with Crippen LogP contribution in [-0.2, 0) is 19.4 Å². The molecule has 3 atom stereocenters. The Labute approximate surface area is 125 Å². The number of hydrogen-bond acceptors (Lipinski definition) is 4. The Bertz CT molecular complexity index is 638. The minimum absolute atomic E-state index is 0.214. The average molecular weight is 308 g/mol. The smallest absolute Gasteiger partial charge is 0.328 e. The number of hydrogen-bond donors (Lipinski definition) is 0. The summed E-state index contributed by atoms with van der Waals surface area (Å²) in [6, 6.07) is 8.30. The van der Waals surface area contributed by atoms with Crippen LogP contribution >= 0.6 is 0 Å². The minimum Gasteiger partial charge on any atom is -0.461 e. The van der Waals surface area contributed by atoms with Crippen LogP contribution in [-0.4, -0.2) is 25.2 Å². The van der Waals surface area contributed by atoms with Gasteiger partial charge in [0.1, 0.15) is 6.10 Å². The normalized spacial score (nSPS) is 32.5. The molecule has 1 aromatic rings. The summed E-state index contributed by atoms with van der Waals surface area (Å²) in [6.07, 6.45) is 3.25. The lowest BCUT2D eigenvalue weighted by Gasteiger charge is -2.35. The quantitative estimate of drug-likeness (QED) is 0.806. The van der Waals surface area contributed by atoms with Crippen molar-refractivity contribution in [2.45, 2.75) is 54.8 Å². The number of carbonyl (C=O) groups is 1. The van der Waals surface area contributed by atoms with Gasteiger partial charge in [0.25, 0.3) is 0 Å². The number of esters is 1. The van der Waals surface area contributed by atoms with Gasteiger partial charge in [0, 0.05) is 5.92 Å². The molecule has 1 aliphatic carbocycles. The highest BCUT2D eigenvalue weighted by molar-refractivity contribution is 7.93. The molecule has 0 N–H and O–H groups in total. The molecule has 1 saturated carbocycles. The SMILES string of the molecule is CC[C@@H]1OC(=O)[C@@]2(S(=O)(=O)c3ccccc3)CCCC[C@@H]12. The van der Waals surface area contributed by atoms with E-state index in [1.54, 1.807) is 30.3 Å². The Hall–Kier alpha value is -1.36. The van der Waals surface area contributed by atoms with E-state index in [4.69, 9.17) is 4.74 Å². The summed E-state index contributed by atoms with van der Waals surface area (Å²) >= 11 is 0. The molecule has 0 amide bonds. The lowest BCUT2D eigenvalue weighted by Crippen LogP contribution is -2.51. The van der Waals surface area contributed by atoms with Gasteiger partial charge >= 0.3 is 5.97 Å². The van der Waals surface area contributed by atoms with Crippen molar-refractivity contribution in [1.82, 2.24) is 0 Å². The first-order valence-electron chi connectivity index (χ1n) is 7.55. The third-order valence-electron chi connectivity index (χ3n) is 4.90. The highest BCUT2D eigenvalue weighted by Crippen LogP contribution is 2.50. The van der Waals surface area contributed by atoms with Gasteiger partial charge in [-0.15, -0.1) is 0 Å². The molecule has 3 rings (SSSR count). The summed E-state index contributed by atoms with van der Waals surface area (Å²) in [5.74, 6) is -0.753. The van der Waals surface area contributed by atoms with E-state index in [9.17, 15) is 13.2 Å². The first-order chi connectivity index (χ1) is 10.0. The molecule has 114 valence electrons. The predicted molar refractivity (Wildman–Crippen MR) is 78.5 cm³/mol. The lowest BCUT2D eigenvalue weighted by molar-refractivity contribution is -0.143. The maximum Gasteiger partial charge on any atom is 0.328 e. The van der Waals surface area contributed by atoms with Gasteiger partial charge in [-0.3, -0.25) is 4.79 Å². The summed E-state index contributed by atoms with van der Waals surface area (Å²) in [4.78, 5) is 12.7. The largest absolute Gasteiger partial charge is 0.461 e. The summed E-state index contributed by atoms with van der Waals surface area (Å²) in [5.41, 5.74) is 0. The van der Waals surface area contributed by atoms with Crippen LogP contribution in [0.4, 0.5) is 0 Å². The van der Waals surface area contributed by atoms with E-state index in [0.29, 0.717) is 12.8 Å². The maximum absolute atomic E-state index is 13.2. The van der Waals surface area contributed by atoms with E-state index in [2.05, 4.69) is 0 Å². The number of fused-ring (bicyclic) bond motifs is 1. The molecule has 2 aliphatic rings. The van der Waals surface area contributed by atoms with Crippen LogP contribution < -0.4 is 0 Å². The van der Waals surface area contributed by atoms with Crippen LogP contribution in [0, 0.1) is 5.92 Å². The van der Waals surface area contributed by atoms with Crippen LogP contribution in [0.5, 0.6) is 0 Å². The Balaban J connectivity index is 2.15. The van der Waals surface area contributed by atoms with Gasteiger partial charge in [-0.25, -0.2) is 8.42 Å². The summed E-state index contributed by atoms with van der Waals surface area (Å²) in [7, 11) is -3.73. The lowest BCUT2D eigenvalue weighted by atomic mass is 9.77. The number of carbonyl (C=O) groups excluding carboxylic acids is 1. The van der Waals surface area contributed by atoms with Gasteiger partial charge in [-0.05, 0) is 31.4 Å². The topological polar surface area (TPSA) is 60.4 Å². The predicted octanol–water partition coefficient (Wildman–Crippen LogP) is 2.72. The van der Waals surface area contributed by atoms with Crippen molar-refractivity contribution in [2.24, 2.45) is 5.92 Å². The fourth-order valence-corrected chi connectivity index (χ4v) is 6.14. The average Bonchev–Trinajstić information content (AvgIpc) is 2.82.